The van der Waals surface area contributed by atoms with Gasteiger partial charge in [0.05, 0.1) is 0 Å². The van der Waals surface area contributed by atoms with Crippen molar-refractivity contribution in [2.45, 2.75) is 26.3 Å². The molecule has 0 saturated carbocycles. The second-order valence-electron chi connectivity index (χ2n) is 5.15. The molecule has 0 radical (unpaired) electrons. The third-order valence-electron chi connectivity index (χ3n) is 3.71. The van der Waals surface area contributed by atoms with E-state index in [0.717, 1.165) is 23.5 Å². The SMILES string of the molecule is CCNCC1CCN(Cc2ccc(Br)cc2)CC1.Cl. The summed E-state index contributed by atoms with van der Waals surface area (Å²) in [6.45, 7) is 8.06. The number of likely N-dealkylation sites (tertiary alicyclic amines) is 1. The molecule has 1 aliphatic rings. The van der Waals surface area contributed by atoms with Gasteiger partial charge in [-0.1, -0.05) is 35.0 Å². The van der Waals surface area contributed by atoms with Gasteiger partial charge in [-0.3, -0.25) is 4.90 Å². The summed E-state index contributed by atoms with van der Waals surface area (Å²) in [6, 6.07) is 8.70. The zero-order valence-electron chi connectivity index (χ0n) is 11.6. The largest absolute Gasteiger partial charge is 0.317 e. The van der Waals surface area contributed by atoms with Crippen molar-refractivity contribution in [2.75, 3.05) is 26.2 Å². The molecule has 0 aromatic heterocycles. The van der Waals surface area contributed by atoms with E-state index >= 15 is 0 Å². The van der Waals surface area contributed by atoms with Gasteiger partial charge in [0.25, 0.3) is 0 Å². The molecule has 1 saturated heterocycles. The lowest BCUT2D eigenvalue weighted by atomic mass is 9.96. The molecule has 1 fully saturated rings. The van der Waals surface area contributed by atoms with E-state index in [-0.39, 0.29) is 12.4 Å². The van der Waals surface area contributed by atoms with Crippen LogP contribution in [0.1, 0.15) is 25.3 Å². The van der Waals surface area contributed by atoms with E-state index < -0.39 is 0 Å². The topological polar surface area (TPSA) is 15.3 Å². The number of hydrogen-bond donors (Lipinski definition) is 1. The van der Waals surface area contributed by atoms with Crippen molar-refractivity contribution in [3.63, 3.8) is 0 Å². The van der Waals surface area contributed by atoms with Gasteiger partial charge in [0.15, 0.2) is 0 Å². The Morgan fingerprint density at radius 3 is 2.42 bits per heavy atom. The molecular weight excluding hydrogens is 324 g/mol. The second-order valence-corrected chi connectivity index (χ2v) is 6.07. The Morgan fingerprint density at radius 2 is 1.84 bits per heavy atom. The fraction of sp³-hybridized carbons (Fsp3) is 0.600. The molecule has 2 nitrogen and oxygen atoms in total. The molecule has 1 aromatic rings. The number of piperidine rings is 1. The number of nitrogens with zero attached hydrogens (tertiary/aromatic N) is 1. The molecule has 0 atom stereocenters. The number of halogens is 2. The van der Waals surface area contributed by atoms with Gasteiger partial charge in [-0.25, -0.2) is 0 Å². The van der Waals surface area contributed by atoms with Gasteiger partial charge in [-0.2, -0.15) is 0 Å². The van der Waals surface area contributed by atoms with Gasteiger partial charge < -0.3 is 5.32 Å². The van der Waals surface area contributed by atoms with E-state index in [4.69, 9.17) is 0 Å². The molecule has 1 N–H and O–H groups in total. The summed E-state index contributed by atoms with van der Waals surface area (Å²) < 4.78 is 1.16. The predicted octanol–water partition coefficient (Wildman–Crippen LogP) is 3.69. The standard InChI is InChI=1S/C15H23BrN2.ClH/c1-2-17-11-13-7-9-18(10-8-13)12-14-3-5-15(16)6-4-14;/h3-6,13,17H,2,7-12H2,1H3;1H. The maximum atomic E-state index is 3.48. The quantitative estimate of drug-likeness (QED) is 0.874. The number of rotatable bonds is 5. The van der Waals surface area contributed by atoms with Crippen molar-refractivity contribution >= 4 is 28.3 Å². The van der Waals surface area contributed by atoms with E-state index in [0.29, 0.717) is 0 Å². The van der Waals surface area contributed by atoms with Crippen LogP contribution in [0, 0.1) is 5.92 Å². The molecule has 0 bridgehead atoms. The van der Waals surface area contributed by atoms with E-state index in [9.17, 15) is 0 Å². The molecule has 2 rings (SSSR count). The summed E-state index contributed by atoms with van der Waals surface area (Å²) in [5, 5.41) is 3.46. The van der Waals surface area contributed by atoms with Crippen LogP contribution in [0.5, 0.6) is 0 Å². The van der Waals surface area contributed by atoms with Gasteiger partial charge >= 0.3 is 0 Å². The van der Waals surface area contributed by atoms with Gasteiger partial charge in [0, 0.05) is 11.0 Å². The summed E-state index contributed by atoms with van der Waals surface area (Å²) in [4.78, 5) is 2.58. The van der Waals surface area contributed by atoms with E-state index in [1.807, 2.05) is 0 Å². The Morgan fingerprint density at radius 1 is 1.21 bits per heavy atom. The molecule has 0 spiro atoms. The van der Waals surface area contributed by atoms with Crippen molar-refractivity contribution in [3.05, 3.63) is 34.3 Å². The third kappa shape index (κ3) is 5.82. The first-order valence-electron chi connectivity index (χ1n) is 6.95. The number of benzene rings is 1. The van der Waals surface area contributed by atoms with Crippen molar-refractivity contribution in [1.29, 1.82) is 0 Å². The fourth-order valence-electron chi connectivity index (χ4n) is 2.55. The first-order valence-corrected chi connectivity index (χ1v) is 7.74. The normalized spacial score (nSPS) is 17.2. The highest BCUT2D eigenvalue weighted by molar-refractivity contribution is 9.10. The number of nitrogens with one attached hydrogen (secondary N) is 1. The van der Waals surface area contributed by atoms with E-state index in [1.165, 1.54) is 38.0 Å². The lowest BCUT2D eigenvalue weighted by Crippen LogP contribution is -2.36. The first kappa shape index (κ1) is 17.0. The average Bonchev–Trinajstić information content (AvgIpc) is 2.41. The zero-order chi connectivity index (χ0) is 12.8. The lowest BCUT2D eigenvalue weighted by Gasteiger charge is -2.32. The highest BCUT2D eigenvalue weighted by Crippen LogP contribution is 2.19. The van der Waals surface area contributed by atoms with Crippen molar-refractivity contribution in [2.24, 2.45) is 5.92 Å². The lowest BCUT2D eigenvalue weighted by molar-refractivity contribution is 0.176. The van der Waals surface area contributed by atoms with Gasteiger partial charge in [-0.15, -0.1) is 12.4 Å². The summed E-state index contributed by atoms with van der Waals surface area (Å²) in [5.41, 5.74) is 1.42. The molecular formula is C15H24BrClN2. The van der Waals surface area contributed by atoms with Crippen LogP contribution < -0.4 is 5.32 Å². The summed E-state index contributed by atoms with van der Waals surface area (Å²) >= 11 is 3.48. The molecule has 0 amide bonds. The monoisotopic (exact) mass is 346 g/mol. The van der Waals surface area contributed by atoms with Crippen molar-refractivity contribution in [1.82, 2.24) is 10.2 Å². The molecule has 108 valence electrons. The van der Waals surface area contributed by atoms with Gasteiger partial charge in [0.2, 0.25) is 0 Å². The Bertz CT molecular complexity index is 348. The highest BCUT2D eigenvalue weighted by Gasteiger charge is 2.18. The van der Waals surface area contributed by atoms with E-state index in [2.05, 4.69) is 57.3 Å². The summed E-state index contributed by atoms with van der Waals surface area (Å²) in [6.07, 6.45) is 2.67. The van der Waals surface area contributed by atoms with Crippen molar-refractivity contribution < 1.29 is 0 Å². The summed E-state index contributed by atoms with van der Waals surface area (Å²) in [5.74, 6) is 0.881. The molecule has 1 aromatic carbocycles. The maximum absolute atomic E-state index is 3.48. The maximum Gasteiger partial charge on any atom is 0.0233 e. The van der Waals surface area contributed by atoms with Crippen LogP contribution in [-0.4, -0.2) is 31.1 Å². The Hall–Kier alpha value is -0.0900. The van der Waals surface area contributed by atoms with Crippen LogP contribution in [0.2, 0.25) is 0 Å². The Kier molecular flexibility index (Phi) is 8.00. The van der Waals surface area contributed by atoms with E-state index in [1.54, 1.807) is 0 Å². The molecule has 1 heterocycles. The summed E-state index contributed by atoms with van der Waals surface area (Å²) in [7, 11) is 0. The van der Waals surface area contributed by atoms with Crippen LogP contribution >= 0.6 is 28.3 Å². The van der Waals surface area contributed by atoms with Crippen LogP contribution in [-0.2, 0) is 6.54 Å². The van der Waals surface area contributed by atoms with Gasteiger partial charge in [-0.05, 0) is 62.6 Å². The fourth-order valence-corrected chi connectivity index (χ4v) is 2.81. The Balaban J connectivity index is 0.00000180. The Labute approximate surface area is 131 Å². The second kappa shape index (κ2) is 8.96. The minimum absolute atomic E-state index is 0. The van der Waals surface area contributed by atoms with Crippen LogP contribution in [0.15, 0.2) is 28.7 Å². The van der Waals surface area contributed by atoms with Crippen LogP contribution in [0.25, 0.3) is 0 Å². The minimum atomic E-state index is 0. The smallest absolute Gasteiger partial charge is 0.0233 e. The predicted molar refractivity (Wildman–Crippen MR) is 87.9 cm³/mol. The minimum Gasteiger partial charge on any atom is -0.317 e. The molecule has 4 heteroatoms. The average molecular weight is 348 g/mol. The highest BCUT2D eigenvalue weighted by atomic mass is 79.9. The van der Waals surface area contributed by atoms with Crippen LogP contribution in [0.3, 0.4) is 0 Å². The van der Waals surface area contributed by atoms with Crippen molar-refractivity contribution in [3.8, 4) is 0 Å². The molecule has 19 heavy (non-hydrogen) atoms. The molecule has 0 unspecified atom stereocenters. The molecule has 0 aliphatic carbocycles. The van der Waals surface area contributed by atoms with Gasteiger partial charge in [0.1, 0.15) is 0 Å². The third-order valence-corrected chi connectivity index (χ3v) is 4.24. The molecule has 1 aliphatic heterocycles. The van der Waals surface area contributed by atoms with Crippen LogP contribution in [0.4, 0.5) is 0 Å². The first-order chi connectivity index (χ1) is 8.78. The number of hydrogen-bond acceptors (Lipinski definition) is 2. The zero-order valence-corrected chi connectivity index (χ0v) is 14.0.